The summed E-state index contributed by atoms with van der Waals surface area (Å²) in [5, 5.41) is 29.4. The molecule has 0 aliphatic heterocycles. The highest BCUT2D eigenvalue weighted by Crippen LogP contribution is 2.09. The summed E-state index contributed by atoms with van der Waals surface area (Å²) in [6.07, 6.45) is 3.17. The Balaban J connectivity index is 5.64. The maximum Gasteiger partial charge on any atom is 0.326 e. The van der Waals surface area contributed by atoms with Crippen LogP contribution in [0.5, 0.6) is 0 Å². The molecule has 0 rings (SSSR count). The van der Waals surface area contributed by atoms with Gasteiger partial charge >= 0.3 is 5.97 Å². The molecular weight excluding hydrogens is 576 g/mol. The first-order valence-electron chi connectivity index (χ1n) is 15.0. The second-order valence-electron chi connectivity index (χ2n) is 11.0. The van der Waals surface area contributed by atoms with Crippen LogP contribution in [-0.2, 0) is 24.0 Å². The molecule has 4 amide bonds. The van der Waals surface area contributed by atoms with Gasteiger partial charge in [0.25, 0.3) is 0 Å². The minimum absolute atomic E-state index is 0.0111. The lowest BCUT2D eigenvalue weighted by atomic mass is 10.0. The normalized spacial score (nSPS) is 14.4. The van der Waals surface area contributed by atoms with Crippen molar-refractivity contribution in [3.63, 3.8) is 0 Å². The van der Waals surface area contributed by atoms with Gasteiger partial charge in [-0.3, -0.25) is 24.2 Å². The van der Waals surface area contributed by atoms with E-state index in [4.69, 9.17) is 28.7 Å². The summed E-state index contributed by atoms with van der Waals surface area (Å²) in [6.45, 7) is 3.83. The Bertz CT molecular complexity index is 931. The zero-order chi connectivity index (χ0) is 33.7. The molecule has 0 heterocycles. The number of aliphatic hydroxyl groups excluding tert-OH is 1. The number of hydrogen-bond acceptors (Lipinski definition) is 10. The van der Waals surface area contributed by atoms with E-state index in [2.05, 4.69) is 26.3 Å². The van der Waals surface area contributed by atoms with E-state index in [1.165, 1.54) is 0 Å². The second kappa shape index (κ2) is 22.9. The summed E-state index contributed by atoms with van der Waals surface area (Å²) >= 11 is 0. The highest BCUT2D eigenvalue weighted by Gasteiger charge is 2.31. The van der Waals surface area contributed by atoms with Gasteiger partial charge < -0.3 is 60.1 Å². The maximum absolute atomic E-state index is 13.4. The highest BCUT2D eigenvalue weighted by molar-refractivity contribution is 5.95. The number of carbonyl (C=O) groups is 5. The van der Waals surface area contributed by atoms with Crippen LogP contribution >= 0.6 is 0 Å². The molecule has 0 saturated heterocycles. The number of aliphatic imine (C=N–C) groups is 1. The third kappa shape index (κ3) is 17.5. The van der Waals surface area contributed by atoms with Crippen molar-refractivity contribution in [2.45, 2.75) is 102 Å². The van der Waals surface area contributed by atoms with Gasteiger partial charge in [0.1, 0.15) is 24.2 Å². The van der Waals surface area contributed by atoms with Gasteiger partial charge in [0.15, 0.2) is 5.96 Å². The number of carbonyl (C=O) groups excluding carboxylic acids is 4. The van der Waals surface area contributed by atoms with Crippen LogP contribution in [0.3, 0.4) is 0 Å². The fourth-order valence-electron chi connectivity index (χ4n) is 4.16. The molecule has 0 unspecified atom stereocenters. The van der Waals surface area contributed by atoms with E-state index < -0.39 is 66.4 Å². The van der Waals surface area contributed by atoms with Gasteiger partial charge in [-0.25, -0.2) is 4.79 Å². The van der Waals surface area contributed by atoms with Gasteiger partial charge in [-0.2, -0.15) is 0 Å². The molecule has 17 nitrogen and oxygen atoms in total. The summed E-state index contributed by atoms with van der Waals surface area (Å²) < 4.78 is 0. The zero-order valence-electron chi connectivity index (χ0n) is 25.9. The smallest absolute Gasteiger partial charge is 0.326 e. The molecule has 16 N–H and O–H groups in total. The Kier molecular flexibility index (Phi) is 21.1. The first-order valence-corrected chi connectivity index (χ1v) is 15.0. The van der Waals surface area contributed by atoms with Crippen molar-refractivity contribution >= 4 is 35.6 Å². The van der Waals surface area contributed by atoms with Crippen LogP contribution in [0.1, 0.15) is 71.6 Å². The number of aliphatic hydroxyl groups is 1. The standard InChI is InChI=1S/C27H54N10O7/c1-16(2)14-20(26(43)44)36-24(41)19(10-4-6-12-29)34-23(40)18(9-3-5-11-28)35-25(42)21(15-38)37-22(39)17(30)8-7-13-33-27(31)32/h16-21,38H,3-15,28-30H2,1-2H3,(H,34,40)(H,35,42)(H,36,41)(H,37,39)(H,43,44)(H4,31,32,33)/t17-,18-,19-,20-,21-/m0/s1. The van der Waals surface area contributed by atoms with Crippen LogP contribution in [0.25, 0.3) is 0 Å². The van der Waals surface area contributed by atoms with Crippen molar-refractivity contribution in [2.24, 2.45) is 39.6 Å². The van der Waals surface area contributed by atoms with Crippen molar-refractivity contribution in [1.29, 1.82) is 0 Å². The van der Waals surface area contributed by atoms with Crippen molar-refractivity contribution in [2.75, 3.05) is 26.2 Å². The lowest BCUT2D eigenvalue weighted by Crippen LogP contribution is -2.59. The molecule has 0 aliphatic rings. The van der Waals surface area contributed by atoms with E-state index in [0.29, 0.717) is 45.2 Å². The first-order chi connectivity index (χ1) is 20.8. The van der Waals surface area contributed by atoms with Crippen molar-refractivity contribution in [3.05, 3.63) is 0 Å². The van der Waals surface area contributed by atoms with Crippen molar-refractivity contribution in [3.8, 4) is 0 Å². The van der Waals surface area contributed by atoms with Crippen LogP contribution in [0.2, 0.25) is 0 Å². The lowest BCUT2D eigenvalue weighted by Gasteiger charge is -2.26. The summed E-state index contributed by atoms with van der Waals surface area (Å²) in [5.41, 5.74) is 27.6. The van der Waals surface area contributed by atoms with E-state index >= 15 is 0 Å². The Morgan fingerprint density at radius 1 is 0.682 bits per heavy atom. The number of aliphatic carboxylic acids is 1. The predicted octanol–water partition coefficient (Wildman–Crippen LogP) is -3.31. The monoisotopic (exact) mass is 630 g/mol. The van der Waals surface area contributed by atoms with Crippen LogP contribution in [0.4, 0.5) is 0 Å². The van der Waals surface area contributed by atoms with Gasteiger partial charge in [-0.05, 0) is 76.8 Å². The van der Waals surface area contributed by atoms with Gasteiger partial charge in [-0.1, -0.05) is 13.8 Å². The number of nitrogens with zero attached hydrogens (tertiary/aromatic N) is 1. The summed E-state index contributed by atoms with van der Waals surface area (Å²) in [4.78, 5) is 67.5. The number of hydrogen-bond donors (Lipinski definition) is 11. The highest BCUT2D eigenvalue weighted by atomic mass is 16.4. The van der Waals surface area contributed by atoms with Crippen molar-refractivity contribution < 1.29 is 34.2 Å². The number of unbranched alkanes of at least 4 members (excludes halogenated alkanes) is 2. The maximum atomic E-state index is 13.4. The summed E-state index contributed by atoms with van der Waals surface area (Å²) in [7, 11) is 0. The number of nitrogens with two attached hydrogens (primary N) is 5. The quantitative estimate of drug-likeness (QED) is 0.0284. The molecule has 0 aromatic heterocycles. The number of carboxylic acid groups (broad SMARTS) is 1. The topological polar surface area (TPSA) is 316 Å². The molecule has 17 heteroatoms. The average molecular weight is 631 g/mol. The Hall–Kier alpha value is -3.54. The van der Waals surface area contributed by atoms with Crippen LogP contribution in [0, 0.1) is 5.92 Å². The van der Waals surface area contributed by atoms with E-state index in [0.717, 1.165) is 0 Å². The van der Waals surface area contributed by atoms with Crippen LogP contribution in [-0.4, -0.2) is 102 Å². The van der Waals surface area contributed by atoms with E-state index in [-0.39, 0.29) is 44.1 Å². The largest absolute Gasteiger partial charge is 0.480 e. The molecule has 0 bridgehead atoms. The number of nitrogens with one attached hydrogen (secondary N) is 4. The van der Waals surface area contributed by atoms with Crippen molar-refractivity contribution in [1.82, 2.24) is 21.3 Å². The second-order valence-corrected chi connectivity index (χ2v) is 11.0. The van der Waals surface area contributed by atoms with Gasteiger partial charge in [0.2, 0.25) is 23.6 Å². The number of rotatable bonds is 24. The van der Waals surface area contributed by atoms with Crippen LogP contribution < -0.4 is 49.9 Å². The van der Waals surface area contributed by atoms with Gasteiger partial charge in [0, 0.05) is 6.54 Å². The Morgan fingerprint density at radius 2 is 1.14 bits per heavy atom. The van der Waals surface area contributed by atoms with Gasteiger partial charge in [0.05, 0.1) is 12.6 Å². The third-order valence-corrected chi connectivity index (χ3v) is 6.60. The van der Waals surface area contributed by atoms with Gasteiger partial charge in [-0.15, -0.1) is 0 Å². The minimum atomic E-state index is -1.41. The first kappa shape index (κ1) is 40.5. The molecule has 0 fully saturated rings. The molecule has 254 valence electrons. The van der Waals surface area contributed by atoms with E-state index in [1.54, 1.807) is 0 Å². The minimum Gasteiger partial charge on any atom is -0.480 e. The predicted molar refractivity (Wildman–Crippen MR) is 166 cm³/mol. The van der Waals surface area contributed by atoms with E-state index in [1.807, 2.05) is 13.8 Å². The SMILES string of the molecule is CC(C)C[C@H](NC(=O)[C@H](CCCCN)NC(=O)[C@H](CCCCN)NC(=O)[C@H](CO)NC(=O)[C@@H](N)CCCN=C(N)N)C(=O)O. The molecule has 0 aliphatic carbocycles. The molecule has 0 saturated carbocycles. The molecule has 5 atom stereocenters. The third-order valence-electron chi connectivity index (χ3n) is 6.60. The average Bonchev–Trinajstić information content (AvgIpc) is 2.95. The number of amides is 4. The zero-order valence-corrected chi connectivity index (χ0v) is 25.9. The Morgan fingerprint density at radius 3 is 1.55 bits per heavy atom. The Labute approximate surface area is 258 Å². The molecule has 0 radical (unpaired) electrons. The van der Waals surface area contributed by atoms with Crippen LogP contribution in [0.15, 0.2) is 4.99 Å². The number of guanidine groups is 1. The molecule has 0 aromatic carbocycles. The molecule has 0 aromatic rings. The summed E-state index contributed by atoms with van der Waals surface area (Å²) in [6, 6.07) is -5.81. The molecule has 0 spiro atoms. The molecule has 44 heavy (non-hydrogen) atoms. The number of carboxylic acids is 1. The fraction of sp³-hybridized carbons (Fsp3) is 0.778. The summed E-state index contributed by atoms with van der Waals surface area (Å²) in [5.74, 6) is -4.21. The lowest BCUT2D eigenvalue weighted by molar-refractivity contribution is -0.143. The molecular formula is C27H54N10O7. The van der Waals surface area contributed by atoms with E-state index in [9.17, 15) is 34.2 Å². The fourth-order valence-corrected chi connectivity index (χ4v) is 4.16.